The molecule has 0 aliphatic carbocycles. The first kappa shape index (κ1) is 10.2. The number of aliphatic imine (C=N–C) groups is 1. The van der Waals surface area contributed by atoms with Gasteiger partial charge < -0.3 is 4.42 Å². The van der Waals surface area contributed by atoms with E-state index in [0.29, 0.717) is 0 Å². The van der Waals surface area contributed by atoms with E-state index in [1.807, 2.05) is 18.5 Å². The standard InChI is InChI=1S/C13H17NO/c1-12(2,3)13(4)7-11-10(5-6-15-11)8-14-9-13/h5-9H,1-4H3. The van der Waals surface area contributed by atoms with Crippen molar-refractivity contribution in [3.8, 4) is 0 Å². The zero-order valence-corrected chi connectivity index (χ0v) is 9.74. The molecule has 1 aromatic heterocycles. The van der Waals surface area contributed by atoms with Crippen LogP contribution in [0.15, 0.2) is 21.7 Å². The summed E-state index contributed by atoms with van der Waals surface area (Å²) in [6, 6.07) is 1.94. The van der Waals surface area contributed by atoms with Crippen molar-refractivity contribution in [1.82, 2.24) is 0 Å². The summed E-state index contributed by atoms with van der Waals surface area (Å²) < 4.78 is 5.46. The lowest BCUT2D eigenvalue weighted by atomic mass is 9.68. The maximum Gasteiger partial charge on any atom is 0.132 e. The normalized spacial score (nSPS) is 25.1. The van der Waals surface area contributed by atoms with Crippen LogP contribution < -0.4 is 10.6 Å². The lowest BCUT2D eigenvalue weighted by Crippen LogP contribution is -2.34. The van der Waals surface area contributed by atoms with Gasteiger partial charge in [0.25, 0.3) is 0 Å². The third-order valence-corrected chi connectivity index (χ3v) is 3.33. The summed E-state index contributed by atoms with van der Waals surface area (Å²) in [6.45, 7) is 8.82. The van der Waals surface area contributed by atoms with Gasteiger partial charge in [0.2, 0.25) is 0 Å². The second-order valence-corrected chi connectivity index (χ2v) is 5.32. The van der Waals surface area contributed by atoms with E-state index in [2.05, 4.69) is 38.8 Å². The average Bonchev–Trinajstić information content (AvgIpc) is 2.45. The highest BCUT2D eigenvalue weighted by molar-refractivity contribution is 5.78. The Kier molecular flexibility index (Phi) is 2.10. The van der Waals surface area contributed by atoms with Crippen molar-refractivity contribution in [2.24, 2.45) is 15.8 Å². The zero-order chi connectivity index (χ0) is 11.1. The van der Waals surface area contributed by atoms with Crippen molar-refractivity contribution in [2.75, 3.05) is 0 Å². The first-order valence-corrected chi connectivity index (χ1v) is 5.23. The third kappa shape index (κ3) is 1.65. The molecule has 0 saturated heterocycles. The van der Waals surface area contributed by atoms with Crippen molar-refractivity contribution in [3.05, 3.63) is 23.0 Å². The molecule has 1 aliphatic rings. The van der Waals surface area contributed by atoms with Gasteiger partial charge in [0.1, 0.15) is 5.42 Å². The van der Waals surface area contributed by atoms with Gasteiger partial charge in [-0.3, -0.25) is 4.99 Å². The quantitative estimate of drug-likeness (QED) is 0.632. The van der Waals surface area contributed by atoms with E-state index in [4.69, 9.17) is 4.42 Å². The molecule has 0 saturated carbocycles. The Morgan fingerprint density at radius 1 is 1.33 bits per heavy atom. The molecule has 15 heavy (non-hydrogen) atoms. The molecule has 0 aromatic carbocycles. The van der Waals surface area contributed by atoms with E-state index in [0.717, 1.165) is 10.6 Å². The van der Waals surface area contributed by atoms with E-state index in [1.54, 1.807) is 6.26 Å². The van der Waals surface area contributed by atoms with Crippen LogP contribution >= 0.6 is 0 Å². The fourth-order valence-corrected chi connectivity index (χ4v) is 1.55. The summed E-state index contributed by atoms with van der Waals surface area (Å²) in [5, 5.41) is 1.05. The summed E-state index contributed by atoms with van der Waals surface area (Å²) in [4.78, 5) is 4.36. The first-order valence-electron chi connectivity index (χ1n) is 5.23. The molecule has 1 atom stereocenters. The molecule has 2 rings (SSSR count). The Bertz CT molecular complexity index is 501. The van der Waals surface area contributed by atoms with Crippen LogP contribution in [0.1, 0.15) is 27.7 Å². The Hall–Kier alpha value is -1.31. The van der Waals surface area contributed by atoms with Crippen LogP contribution in [0.2, 0.25) is 0 Å². The number of hydrogen-bond acceptors (Lipinski definition) is 2. The minimum Gasteiger partial charge on any atom is -0.465 e. The predicted molar refractivity (Wildman–Crippen MR) is 62.9 cm³/mol. The number of nitrogens with zero attached hydrogens (tertiary/aromatic N) is 1. The molecular formula is C13H17NO. The van der Waals surface area contributed by atoms with E-state index in [9.17, 15) is 0 Å². The topological polar surface area (TPSA) is 25.5 Å². The Morgan fingerprint density at radius 3 is 2.73 bits per heavy atom. The van der Waals surface area contributed by atoms with Gasteiger partial charge in [0.05, 0.1) is 6.26 Å². The van der Waals surface area contributed by atoms with Crippen LogP contribution in [0.25, 0.3) is 12.3 Å². The Balaban J connectivity index is 2.66. The molecule has 1 aliphatic heterocycles. The molecule has 0 bridgehead atoms. The highest BCUT2D eigenvalue weighted by atomic mass is 16.3. The fourth-order valence-electron chi connectivity index (χ4n) is 1.55. The summed E-state index contributed by atoms with van der Waals surface area (Å²) in [5.74, 6) is 0. The molecule has 0 fully saturated rings. The van der Waals surface area contributed by atoms with Crippen molar-refractivity contribution >= 4 is 18.5 Å². The van der Waals surface area contributed by atoms with Crippen LogP contribution in [0.3, 0.4) is 0 Å². The monoisotopic (exact) mass is 203 g/mol. The van der Waals surface area contributed by atoms with Crippen LogP contribution in [-0.2, 0) is 0 Å². The van der Waals surface area contributed by atoms with E-state index in [1.165, 1.54) is 0 Å². The van der Waals surface area contributed by atoms with E-state index in [-0.39, 0.29) is 10.8 Å². The third-order valence-electron chi connectivity index (χ3n) is 3.33. The Morgan fingerprint density at radius 2 is 2.07 bits per heavy atom. The Labute approximate surface area is 90.0 Å². The van der Waals surface area contributed by atoms with Crippen LogP contribution in [0, 0.1) is 10.8 Å². The van der Waals surface area contributed by atoms with Gasteiger partial charge in [-0.25, -0.2) is 0 Å². The van der Waals surface area contributed by atoms with Gasteiger partial charge in [0.15, 0.2) is 0 Å². The van der Waals surface area contributed by atoms with Crippen LogP contribution in [0.5, 0.6) is 0 Å². The maximum absolute atomic E-state index is 5.46. The molecule has 1 unspecified atom stereocenters. The van der Waals surface area contributed by atoms with Gasteiger partial charge in [-0.2, -0.15) is 0 Å². The van der Waals surface area contributed by atoms with Crippen molar-refractivity contribution in [1.29, 1.82) is 0 Å². The largest absolute Gasteiger partial charge is 0.465 e. The van der Waals surface area contributed by atoms with E-state index < -0.39 is 0 Å². The summed E-state index contributed by atoms with van der Waals surface area (Å²) in [7, 11) is 0. The number of furan rings is 1. The van der Waals surface area contributed by atoms with Crippen molar-refractivity contribution in [3.63, 3.8) is 0 Å². The van der Waals surface area contributed by atoms with Gasteiger partial charge in [-0.15, -0.1) is 0 Å². The molecule has 0 N–H and O–H groups in total. The molecule has 2 heterocycles. The highest BCUT2D eigenvalue weighted by Gasteiger charge is 2.34. The second-order valence-electron chi connectivity index (χ2n) is 5.32. The summed E-state index contributed by atoms with van der Waals surface area (Å²) >= 11 is 0. The molecule has 80 valence electrons. The molecule has 0 radical (unpaired) electrons. The van der Waals surface area contributed by atoms with Gasteiger partial charge in [-0.05, 0) is 17.6 Å². The predicted octanol–water partition coefficient (Wildman–Crippen LogP) is 1.93. The lowest BCUT2D eigenvalue weighted by Gasteiger charge is -2.35. The maximum atomic E-state index is 5.46. The summed E-state index contributed by atoms with van der Waals surface area (Å²) in [6.07, 6.45) is 7.73. The van der Waals surface area contributed by atoms with Gasteiger partial charge in [-0.1, -0.05) is 27.7 Å². The lowest BCUT2D eigenvalue weighted by molar-refractivity contribution is 0.272. The van der Waals surface area contributed by atoms with Gasteiger partial charge >= 0.3 is 0 Å². The SMILES string of the molecule is CC(C)(C)C1(C)C=NC=c2ccoc2=C1. The first-order chi connectivity index (χ1) is 6.92. The molecule has 2 nitrogen and oxygen atoms in total. The smallest absolute Gasteiger partial charge is 0.132 e. The number of hydrogen-bond donors (Lipinski definition) is 0. The molecule has 0 spiro atoms. The van der Waals surface area contributed by atoms with Crippen LogP contribution in [0.4, 0.5) is 0 Å². The van der Waals surface area contributed by atoms with Crippen LogP contribution in [-0.4, -0.2) is 6.21 Å². The second kappa shape index (κ2) is 3.09. The van der Waals surface area contributed by atoms with Crippen molar-refractivity contribution in [2.45, 2.75) is 27.7 Å². The minimum atomic E-state index is -0.0768. The highest BCUT2D eigenvalue weighted by Crippen LogP contribution is 2.38. The molecular weight excluding hydrogens is 186 g/mol. The minimum absolute atomic E-state index is 0.0768. The van der Waals surface area contributed by atoms with Gasteiger partial charge in [0, 0.05) is 23.0 Å². The number of rotatable bonds is 0. The zero-order valence-electron chi connectivity index (χ0n) is 9.74. The molecule has 2 heteroatoms. The fraction of sp³-hybridized carbons (Fsp3) is 0.462. The van der Waals surface area contributed by atoms with Crippen molar-refractivity contribution < 1.29 is 4.42 Å². The summed E-state index contributed by atoms with van der Waals surface area (Å²) in [5.41, 5.74) is 0.968. The molecule has 0 amide bonds. The van der Waals surface area contributed by atoms with E-state index >= 15 is 0 Å². The molecule has 1 aromatic rings. The number of fused-ring (bicyclic) bond motifs is 1. The average molecular weight is 203 g/mol.